The largest absolute Gasteiger partial charge is 0.480 e. The third-order valence-electron chi connectivity index (χ3n) is 4.66. The van der Waals surface area contributed by atoms with Crippen LogP contribution in [0.4, 0.5) is 0 Å². The highest BCUT2D eigenvalue weighted by Crippen LogP contribution is 2.15. The Morgan fingerprint density at radius 2 is 0.971 bits per heavy atom. The van der Waals surface area contributed by atoms with Gasteiger partial charge in [-0.15, -0.1) is 0 Å². The molecule has 0 unspecified atom stereocenters. The molecule has 196 valence electrons. The van der Waals surface area contributed by atoms with Crippen LogP contribution in [0, 0.1) is 5.92 Å². The fourth-order valence-electron chi connectivity index (χ4n) is 3.72. The van der Waals surface area contributed by atoms with Crippen molar-refractivity contribution in [2.45, 2.75) is 39.7 Å². The fraction of sp³-hybridized carbons (Fsp3) is 0.762. The van der Waals surface area contributed by atoms with Gasteiger partial charge in [-0.2, -0.15) is 0 Å². The minimum atomic E-state index is -1.20. The Labute approximate surface area is 199 Å². The SMILES string of the molecule is CC(C)CC(C)(C)NC(=O)CN(CCN(CC(=O)O)CC(=O)O)CCN(CC(=O)O)CC(=O)O. The van der Waals surface area contributed by atoms with E-state index < -0.39 is 55.6 Å². The summed E-state index contributed by atoms with van der Waals surface area (Å²) >= 11 is 0. The van der Waals surface area contributed by atoms with Crippen molar-refractivity contribution >= 4 is 29.8 Å². The van der Waals surface area contributed by atoms with E-state index in [0.717, 1.165) is 6.42 Å². The highest BCUT2D eigenvalue weighted by atomic mass is 16.4. The van der Waals surface area contributed by atoms with E-state index in [0.29, 0.717) is 5.92 Å². The summed E-state index contributed by atoms with van der Waals surface area (Å²) < 4.78 is 0. The third-order valence-corrected chi connectivity index (χ3v) is 4.66. The number of rotatable bonds is 19. The Hall–Kier alpha value is -2.77. The van der Waals surface area contributed by atoms with Crippen molar-refractivity contribution in [2.75, 3.05) is 58.9 Å². The summed E-state index contributed by atoms with van der Waals surface area (Å²) in [5.74, 6) is -4.76. The van der Waals surface area contributed by atoms with E-state index in [-0.39, 0.29) is 38.6 Å². The van der Waals surface area contributed by atoms with Gasteiger partial charge in [0.1, 0.15) is 0 Å². The minimum Gasteiger partial charge on any atom is -0.480 e. The number of nitrogens with zero attached hydrogens (tertiary/aromatic N) is 3. The molecule has 0 rings (SSSR count). The van der Waals surface area contributed by atoms with E-state index >= 15 is 0 Å². The number of carboxylic acid groups (broad SMARTS) is 4. The molecule has 0 spiro atoms. The number of amides is 1. The summed E-state index contributed by atoms with van der Waals surface area (Å²) in [5, 5.41) is 39.0. The Balaban J connectivity index is 5.36. The molecule has 13 heteroatoms. The van der Waals surface area contributed by atoms with Gasteiger partial charge in [0.05, 0.1) is 32.7 Å². The predicted octanol–water partition coefficient (Wildman–Crippen LogP) is -0.828. The number of hydrogen-bond donors (Lipinski definition) is 5. The van der Waals surface area contributed by atoms with Gasteiger partial charge in [0, 0.05) is 31.7 Å². The van der Waals surface area contributed by atoms with Crippen molar-refractivity contribution < 1.29 is 44.4 Å². The van der Waals surface area contributed by atoms with Crippen molar-refractivity contribution in [3.05, 3.63) is 0 Å². The lowest BCUT2D eigenvalue weighted by atomic mass is 9.93. The van der Waals surface area contributed by atoms with Gasteiger partial charge in [0.15, 0.2) is 0 Å². The molecule has 0 bridgehead atoms. The maximum Gasteiger partial charge on any atom is 0.317 e. The number of hydrogen-bond acceptors (Lipinski definition) is 8. The molecule has 0 aliphatic heterocycles. The zero-order chi connectivity index (χ0) is 26.5. The molecular weight excluding hydrogens is 452 g/mol. The second-order valence-electron chi connectivity index (χ2n) is 9.30. The van der Waals surface area contributed by atoms with Crippen LogP contribution in [-0.2, 0) is 24.0 Å². The highest BCUT2D eigenvalue weighted by molar-refractivity contribution is 5.78. The van der Waals surface area contributed by atoms with Crippen LogP contribution in [0.25, 0.3) is 0 Å². The van der Waals surface area contributed by atoms with Crippen molar-refractivity contribution in [3.8, 4) is 0 Å². The maximum atomic E-state index is 12.7. The van der Waals surface area contributed by atoms with E-state index in [9.17, 15) is 24.0 Å². The van der Waals surface area contributed by atoms with Crippen LogP contribution in [0.2, 0.25) is 0 Å². The summed E-state index contributed by atoms with van der Waals surface area (Å²) in [6.07, 6.45) is 0.731. The van der Waals surface area contributed by atoms with Gasteiger partial charge in [-0.25, -0.2) is 0 Å². The van der Waals surface area contributed by atoms with Gasteiger partial charge in [-0.05, 0) is 26.2 Å². The topological polar surface area (TPSA) is 188 Å². The van der Waals surface area contributed by atoms with E-state index in [2.05, 4.69) is 5.32 Å². The number of aliphatic carboxylic acids is 4. The Kier molecular flexibility index (Phi) is 14.0. The van der Waals surface area contributed by atoms with Crippen LogP contribution in [0.5, 0.6) is 0 Å². The Bertz CT molecular complexity index is 640. The maximum absolute atomic E-state index is 12.7. The molecule has 0 aliphatic rings. The fourth-order valence-corrected chi connectivity index (χ4v) is 3.72. The normalized spacial score (nSPS) is 11.9. The average molecular weight is 491 g/mol. The number of carboxylic acids is 4. The summed E-state index contributed by atoms with van der Waals surface area (Å²) in [5.41, 5.74) is -0.478. The van der Waals surface area contributed by atoms with Crippen molar-refractivity contribution in [1.82, 2.24) is 20.0 Å². The van der Waals surface area contributed by atoms with Crippen molar-refractivity contribution in [1.29, 1.82) is 0 Å². The summed E-state index contributed by atoms with van der Waals surface area (Å²) in [6, 6.07) is 0. The number of nitrogens with one attached hydrogen (secondary N) is 1. The third kappa shape index (κ3) is 16.8. The molecule has 0 fully saturated rings. The van der Waals surface area contributed by atoms with Crippen molar-refractivity contribution in [2.24, 2.45) is 5.92 Å². The monoisotopic (exact) mass is 490 g/mol. The first-order valence-electron chi connectivity index (χ1n) is 10.9. The lowest BCUT2D eigenvalue weighted by Gasteiger charge is -2.31. The smallest absolute Gasteiger partial charge is 0.317 e. The molecule has 0 aromatic rings. The Morgan fingerprint density at radius 1 is 0.647 bits per heavy atom. The van der Waals surface area contributed by atoms with Crippen LogP contribution in [0.3, 0.4) is 0 Å². The van der Waals surface area contributed by atoms with E-state index in [1.807, 2.05) is 27.7 Å². The molecule has 5 N–H and O–H groups in total. The summed E-state index contributed by atoms with van der Waals surface area (Å²) in [4.78, 5) is 60.9. The second-order valence-corrected chi connectivity index (χ2v) is 9.30. The molecule has 0 aromatic heterocycles. The van der Waals surface area contributed by atoms with E-state index in [1.54, 1.807) is 4.90 Å². The number of carbonyl (C=O) groups excluding carboxylic acids is 1. The van der Waals surface area contributed by atoms with Gasteiger partial charge in [0.2, 0.25) is 5.91 Å². The van der Waals surface area contributed by atoms with Crippen LogP contribution < -0.4 is 5.32 Å². The zero-order valence-corrected chi connectivity index (χ0v) is 20.3. The highest BCUT2D eigenvalue weighted by Gasteiger charge is 2.24. The van der Waals surface area contributed by atoms with E-state index in [1.165, 1.54) is 9.80 Å². The molecule has 0 heterocycles. The molecule has 13 nitrogen and oxygen atoms in total. The lowest BCUT2D eigenvalue weighted by Crippen LogP contribution is -2.51. The quantitative estimate of drug-likeness (QED) is 0.151. The second kappa shape index (κ2) is 15.2. The van der Waals surface area contributed by atoms with Gasteiger partial charge in [-0.1, -0.05) is 13.8 Å². The first-order valence-corrected chi connectivity index (χ1v) is 10.9. The molecule has 0 aliphatic carbocycles. The first kappa shape index (κ1) is 31.2. The van der Waals surface area contributed by atoms with Gasteiger partial charge in [0.25, 0.3) is 0 Å². The first-order chi connectivity index (χ1) is 15.6. The molecule has 0 saturated carbocycles. The molecule has 34 heavy (non-hydrogen) atoms. The predicted molar refractivity (Wildman–Crippen MR) is 122 cm³/mol. The van der Waals surface area contributed by atoms with E-state index in [4.69, 9.17) is 20.4 Å². The molecule has 1 amide bonds. The van der Waals surface area contributed by atoms with Crippen LogP contribution >= 0.6 is 0 Å². The summed E-state index contributed by atoms with van der Waals surface area (Å²) in [6.45, 7) is 6.00. The number of carbonyl (C=O) groups is 5. The molecule has 0 atom stereocenters. The van der Waals surface area contributed by atoms with Gasteiger partial charge in [-0.3, -0.25) is 38.7 Å². The standard InChI is InChI=1S/C21H38N4O9/c1-15(2)9-21(3,4)22-16(26)10-23(5-7-24(11-17(27)28)12-18(29)30)6-8-25(13-19(31)32)14-20(33)34/h15H,5-14H2,1-4H3,(H,22,26)(H,27,28)(H,29,30)(H,31,32)(H,33,34). The van der Waals surface area contributed by atoms with Crippen LogP contribution in [-0.4, -0.2) is 129 Å². The van der Waals surface area contributed by atoms with Gasteiger partial charge < -0.3 is 25.7 Å². The lowest BCUT2D eigenvalue weighted by molar-refractivity contribution is -0.143. The van der Waals surface area contributed by atoms with Crippen molar-refractivity contribution in [3.63, 3.8) is 0 Å². The zero-order valence-electron chi connectivity index (χ0n) is 20.3. The van der Waals surface area contributed by atoms with Gasteiger partial charge >= 0.3 is 23.9 Å². The Morgan fingerprint density at radius 3 is 1.26 bits per heavy atom. The molecule has 0 radical (unpaired) electrons. The minimum absolute atomic E-state index is 0.0269. The molecule has 0 aromatic carbocycles. The van der Waals surface area contributed by atoms with Crippen LogP contribution in [0.15, 0.2) is 0 Å². The molecular formula is C21H38N4O9. The van der Waals surface area contributed by atoms with Crippen LogP contribution in [0.1, 0.15) is 34.1 Å². The average Bonchev–Trinajstić information content (AvgIpc) is 2.59. The molecule has 0 saturated heterocycles. The summed E-state index contributed by atoms with van der Waals surface area (Å²) in [7, 11) is 0.